The van der Waals surface area contributed by atoms with Crippen molar-refractivity contribution < 1.29 is 0 Å². The SMILES string of the molecule is CC1CCCN(N)C1(C)C. The summed E-state index contributed by atoms with van der Waals surface area (Å²) in [5, 5.41) is 1.97. The Morgan fingerprint density at radius 1 is 1.50 bits per heavy atom. The second kappa shape index (κ2) is 2.51. The van der Waals surface area contributed by atoms with Gasteiger partial charge in [0.15, 0.2) is 0 Å². The Kier molecular flexibility index (Phi) is 2.02. The molecule has 1 aliphatic heterocycles. The minimum atomic E-state index is 0.207. The van der Waals surface area contributed by atoms with Crippen LogP contribution in [0, 0.1) is 5.92 Å². The summed E-state index contributed by atoms with van der Waals surface area (Å²) in [6, 6.07) is 0. The highest BCUT2D eigenvalue weighted by molar-refractivity contribution is 4.87. The normalized spacial score (nSPS) is 34.2. The number of rotatable bonds is 0. The molecule has 1 fully saturated rings. The number of nitrogens with two attached hydrogens (primary N) is 1. The van der Waals surface area contributed by atoms with Crippen LogP contribution in [0.2, 0.25) is 0 Å². The van der Waals surface area contributed by atoms with E-state index in [0.29, 0.717) is 0 Å². The first-order chi connectivity index (χ1) is 4.55. The first kappa shape index (κ1) is 8.02. The standard InChI is InChI=1S/C8H18N2/c1-7-5-4-6-10(9)8(7,2)3/h7H,4-6,9H2,1-3H3. The third kappa shape index (κ3) is 1.18. The molecule has 0 radical (unpaired) electrons. The van der Waals surface area contributed by atoms with E-state index in [-0.39, 0.29) is 5.54 Å². The number of nitrogens with zero attached hydrogens (tertiary/aromatic N) is 1. The molecule has 0 spiro atoms. The van der Waals surface area contributed by atoms with Crippen LogP contribution in [0.3, 0.4) is 0 Å². The van der Waals surface area contributed by atoms with Crippen molar-refractivity contribution in [2.24, 2.45) is 11.8 Å². The smallest absolute Gasteiger partial charge is 0.0321 e. The highest BCUT2D eigenvalue weighted by atomic mass is 15.4. The predicted octanol–water partition coefficient (Wildman–Crippen LogP) is 1.37. The summed E-state index contributed by atoms with van der Waals surface area (Å²) in [5.41, 5.74) is 0.207. The molecule has 60 valence electrons. The van der Waals surface area contributed by atoms with Crippen LogP contribution in [-0.4, -0.2) is 17.1 Å². The summed E-state index contributed by atoms with van der Waals surface area (Å²) in [4.78, 5) is 0. The number of hydrogen-bond donors (Lipinski definition) is 1. The van der Waals surface area contributed by atoms with Crippen LogP contribution in [0.1, 0.15) is 33.6 Å². The molecule has 1 heterocycles. The molecule has 1 atom stereocenters. The Bertz CT molecular complexity index is 108. The van der Waals surface area contributed by atoms with Crippen LogP contribution < -0.4 is 5.84 Å². The molecule has 1 rings (SSSR count). The van der Waals surface area contributed by atoms with Gasteiger partial charge in [0.25, 0.3) is 0 Å². The van der Waals surface area contributed by atoms with Gasteiger partial charge in [-0.25, -0.2) is 5.01 Å². The Labute approximate surface area is 63.4 Å². The highest BCUT2D eigenvalue weighted by Gasteiger charge is 2.33. The summed E-state index contributed by atoms with van der Waals surface area (Å²) in [5.74, 6) is 6.56. The maximum absolute atomic E-state index is 5.84. The van der Waals surface area contributed by atoms with E-state index in [4.69, 9.17) is 5.84 Å². The summed E-state index contributed by atoms with van der Waals surface area (Å²) in [7, 11) is 0. The molecule has 0 aromatic carbocycles. The van der Waals surface area contributed by atoms with Gasteiger partial charge in [0.2, 0.25) is 0 Å². The van der Waals surface area contributed by atoms with E-state index >= 15 is 0 Å². The van der Waals surface area contributed by atoms with Crippen molar-refractivity contribution in [3.63, 3.8) is 0 Å². The molecule has 10 heavy (non-hydrogen) atoms. The number of piperidine rings is 1. The molecule has 1 saturated heterocycles. The minimum Gasteiger partial charge on any atom is -0.268 e. The average Bonchev–Trinajstić information content (AvgIpc) is 1.84. The van der Waals surface area contributed by atoms with E-state index in [9.17, 15) is 0 Å². The largest absolute Gasteiger partial charge is 0.268 e. The first-order valence-corrected chi connectivity index (χ1v) is 4.07. The van der Waals surface area contributed by atoms with Crippen molar-refractivity contribution in [1.82, 2.24) is 5.01 Å². The Morgan fingerprint density at radius 3 is 2.50 bits per heavy atom. The fourth-order valence-corrected chi connectivity index (χ4v) is 1.49. The van der Waals surface area contributed by atoms with Crippen LogP contribution in [0.25, 0.3) is 0 Å². The lowest BCUT2D eigenvalue weighted by Crippen LogP contribution is -2.55. The van der Waals surface area contributed by atoms with Gasteiger partial charge in [0.1, 0.15) is 0 Å². The monoisotopic (exact) mass is 142 g/mol. The fraction of sp³-hybridized carbons (Fsp3) is 1.00. The second-order valence-electron chi connectivity index (χ2n) is 3.89. The number of hydrazine groups is 1. The summed E-state index contributed by atoms with van der Waals surface area (Å²) < 4.78 is 0. The minimum absolute atomic E-state index is 0.207. The Hall–Kier alpha value is -0.0800. The van der Waals surface area contributed by atoms with Crippen molar-refractivity contribution in [3.8, 4) is 0 Å². The molecule has 0 aromatic rings. The van der Waals surface area contributed by atoms with Gasteiger partial charge in [-0.1, -0.05) is 6.92 Å². The lowest BCUT2D eigenvalue weighted by Gasteiger charge is -2.44. The Morgan fingerprint density at radius 2 is 2.10 bits per heavy atom. The third-order valence-corrected chi connectivity index (χ3v) is 2.98. The molecule has 1 aliphatic rings. The maximum atomic E-state index is 5.84. The lowest BCUT2D eigenvalue weighted by atomic mass is 9.82. The van der Waals surface area contributed by atoms with Gasteiger partial charge in [-0.15, -0.1) is 0 Å². The number of hydrogen-bond acceptors (Lipinski definition) is 2. The van der Waals surface area contributed by atoms with Gasteiger partial charge in [-0.3, -0.25) is 5.84 Å². The average molecular weight is 142 g/mol. The van der Waals surface area contributed by atoms with Crippen LogP contribution in [-0.2, 0) is 0 Å². The molecule has 0 aromatic heterocycles. The summed E-state index contributed by atoms with van der Waals surface area (Å²) in [6.07, 6.45) is 2.57. The zero-order valence-electron chi connectivity index (χ0n) is 7.22. The van der Waals surface area contributed by atoms with E-state index < -0.39 is 0 Å². The quantitative estimate of drug-likeness (QED) is 0.518. The Balaban J connectivity index is 2.63. The molecule has 2 N–H and O–H groups in total. The van der Waals surface area contributed by atoms with E-state index in [2.05, 4.69) is 20.8 Å². The molecular weight excluding hydrogens is 124 g/mol. The van der Waals surface area contributed by atoms with E-state index in [1.807, 2.05) is 5.01 Å². The van der Waals surface area contributed by atoms with Gasteiger partial charge >= 0.3 is 0 Å². The van der Waals surface area contributed by atoms with Gasteiger partial charge < -0.3 is 0 Å². The van der Waals surface area contributed by atoms with Gasteiger partial charge in [0, 0.05) is 12.1 Å². The fourth-order valence-electron chi connectivity index (χ4n) is 1.49. The molecular formula is C8H18N2. The zero-order chi connectivity index (χ0) is 7.78. The molecule has 0 amide bonds. The molecule has 2 heteroatoms. The zero-order valence-corrected chi connectivity index (χ0v) is 7.22. The molecule has 1 unspecified atom stereocenters. The molecule has 2 nitrogen and oxygen atoms in total. The molecule has 0 bridgehead atoms. The van der Waals surface area contributed by atoms with Crippen molar-refractivity contribution >= 4 is 0 Å². The van der Waals surface area contributed by atoms with Crippen molar-refractivity contribution in [3.05, 3.63) is 0 Å². The van der Waals surface area contributed by atoms with E-state index in [1.54, 1.807) is 0 Å². The van der Waals surface area contributed by atoms with Crippen molar-refractivity contribution in [1.29, 1.82) is 0 Å². The van der Waals surface area contributed by atoms with Crippen molar-refractivity contribution in [2.45, 2.75) is 39.2 Å². The van der Waals surface area contributed by atoms with Crippen LogP contribution in [0.4, 0.5) is 0 Å². The topological polar surface area (TPSA) is 29.3 Å². The third-order valence-electron chi connectivity index (χ3n) is 2.98. The highest BCUT2D eigenvalue weighted by Crippen LogP contribution is 2.29. The summed E-state index contributed by atoms with van der Waals surface area (Å²) in [6.45, 7) is 7.77. The van der Waals surface area contributed by atoms with E-state index in [0.717, 1.165) is 12.5 Å². The van der Waals surface area contributed by atoms with Crippen LogP contribution in [0.15, 0.2) is 0 Å². The lowest BCUT2D eigenvalue weighted by molar-refractivity contribution is 0.0298. The van der Waals surface area contributed by atoms with Gasteiger partial charge in [-0.2, -0.15) is 0 Å². The van der Waals surface area contributed by atoms with Crippen molar-refractivity contribution in [2.75, 3.05) is 6.54 Å². The second-order valence-corrected chi connectivity index (χ2v) is 3.89. The first-order valence-electron chi connectivity index (χ1n) is 4.07. The van der Waals surface area contributed by atoms with Gasteiger partial charge in [0.05, 0.1) is 0 Å². The molecule has 0 saturated carbocycles. The predicted molar refractivity (Wildman–Crippen MR) is 43.4 cm³/mol. The molecule has 0 aliphatic carbocycles. The summed E-state index contributed by atoms with van der Waals surface area (Å²) >= 11 is 0. The maximum Gasteiger partial charge on any atom is 0.0321 e. The van der Waals surface area contributed by atoms with Crippen LogP contribution in [0.5, 0.6) is 0 Å². The van der Waals surface area contributed by atoms with Gasteiger partial charge in [-0.05, 0) is 32.6 Å². The van der Waals surface area contributed by atoms with E-state index in [1.165, 1.54) is 12.8 Å². The van der Waals surface area contributed by atoms with Crippen LogP contribution >= 0.6 is 0 Å².